The van der Waals surface area contributed by atoms with Gasteiger partial charge in [0.1, 0.15) is 10.0 Å². The molecule has 1 heterocycles. The molecule has 0 aliphatic carbocycles. The molecule has 6 nitrogen and oxygen atoms in total. The quantitative estimate of drug-likeness (QED) is 0.794. The van der Waals surface area contributed by atoms with E-state index in [1.54, 1.807) is 13.8 Å². The Hall–Kier alpha value is -0.890. The highest BCUT2D eigenvalue weighted by Crippen LogP contribution is 2.22. The van der Waals surface area contributed by atoms with Crippen LogP contribution in [-0.2, 0) is 14.8 Å². The van der Waals surface area contributed by atoms with E-state index >= 15 is 0 Å². The summed E-state index contributed by atoms with van der Waals surface area (Å²) in [5.41, 5.74) is -0.883. The van der Waals surface area contributed by atoms with Crippen LogP contribution in [-0.4, -0.2) is 32.9 Å². The monoisotopic (exact) mass is 339 g/mol. The number of nitrogens with one attached hydrogen (secondary N) is 2. The molecule has 112 valence electrons. The summed E-state index contributed by atoms with van der Waals surface area (Å²) in [4.78, 5) is 15.2. The second kappa shape index (κ2) is 6.26. The molecule has 0 atom stereocenters. The van der Waals surface area contributed by atoms with E-state index in [1.807, 2.05) is 0 Å². The minimum Gasteiger partial charge on any atom is -0.359 e. The van der Waals surface area contributed by atoms with Crippen LogP contribution in [0.1, 0.15) is 13.8 Å². The number of carbonyl (C=O) groups is 1. The number of rotatable bonds is 5. The fraction of sp³-hybridized carbons (Fsp3) is 0.455. The Labute approximate surface area is 127 Å². The molecule has 1 aromatic heterocycles. The Kier molecular flexibility index (Phi) is 5.37. The van der Waals surface area contributed by atoms with Crippen molar-refractivity contribution < 1.29 is 13.2 Å². The fourth-order valence-electron chi connectivity index (χ4n) is 1.33. The van der Waals surface area contributed by atoms with Crippen LogP contribution in [0.25, 0.3) is 0 Å². The van der Waals surface area contributed by atoms with Crippen LogP contribution in [0.15, 0.2) is 17.2 Å². The van der Waals surface area contributed by atoms with Crippen LogP contribution >= 0.6 is 23.2 Å². The Bertz CT molecular complexity index is 617. The van der Waals surface area contributed by atoms with Crippen molar-refractivity contribution in [3.8, 4) is 0 Å². The molecular weight excluding hydrogens is 325 g/mol. The van der Waals surface area contributed by atoms with Gasteiger partial charge in [0.15, 0.2) is 0 Å². The highest BCUT2D eigenvalue weighted by molar-refractivity contribution is 7.89. The molecule has 20 heavy (non-hydrogen) atoms. The molecule has 1 amide bonds. The van der Waals surface area contributed by atoms with Crippen molar-refractivity contribution in [1.82, 2.24) is 15.0 Å². The number of aromatic nitrogens is 1. The first kappa shape index (κ1) is 17.2. The topological polar surface area (TPSA) is 88.2 Å². The Morgan fingerprint density at radius 1 is 1.40 bits per heavy atom. The second-order valence-corrected chi connectivity index (χ2v) is 7.26. The number of halogens is 2. The molecule has 1 aromatic rings. The summed E-state index contributed by atoms with van der Waals surface area (Å²) >= 11 is 11.4. The van der Waals surface area contributed by atoms with Crippen molar-refractivity contribution >= 4 is 39.1 Å². The van der Waals surface area contributed by atoms with Crippen LogP contribution < -0.4 is 10.0 Å². The summed E-state index contributed by atoms with van der Waals surface area (Å²) in [5.74, 6) is -0.271. The zero-order chi connectivity index (χ0) is 15.6. The van der Waals surface area contributed by atoms with E-state index in [9.17, 15) is 13.2 Å². The lowest BCUT2D eigenvalue weighted by molar-refractivity contribution is -0.128. The van der Waals surface area contributed by atoms with Gasteiger partial charge < -0.3 is 5.32 Å². The van der Waals surface area contributed by atoms with Gasteiger partial charge in [0.05, 0.1) is 10.4 Å². The van der Waals surface area contributed by atoms with Crippen LogP contribution in [0.3, 0.4) is 0 Å². The molecule has 2 N–H and O–H groups in total. The number of pyridine rings is 1. The van der Waals surface area contributed by atoms with Crippen molar-refractivity contribution in [1.29, 1.82) is 0 Å². The van der Waals surface area contributed by atoms with Crippen LogP contribution in [0.5, 0.6) is 0 Å². The second-order valence-electron chi connectivity index (χ2n) is 4.73. The molecule has 1 rings (SSSR count). The number of amides is 1. The van der Waals surface area contributed by atoms with Gasteiger partial charge in [-0.2, -0.15) is 0 Å². The Morgan fingerprint density at radius 2 is 2.00 bits per heavy atom. The first-order chi connectivity index (χ1) is 9.10. The largest absolute Gasteiger partial charge is 0.359 e. The van der Waals surface area contributed by atoms with Gasteiger partial charge in [-0.1, -0.05) is 23.2 Å². The summed E-state index contributed by atoms with van der Waals surface area (Å²) in [5, 5.41) is 2.54. The minimum atomic E-state index is -3.81. The average Bonchev–Trinajstić information content (AvgIpc) is 2.38. The molecule has 0 bridgehead atoms. The number of sulfonamides is 1. The predicted octanol–water partition coefficient (Wildman–Crippen LogP) is 1.44. The van der Waals surface area contributed by atoms with Crippen molar-refractivity contribution in [3.05, 3.63) is 22.4 Å². The molecule has 0 radical (unpaired) electrons. The SMILES string of the molecule is CNC(=O)C(C)(C)CNS(=O)(=O)c1cnc(Cl)c(Cl)c1. The molecule has 0 unspecified atom stereocenters. The van der Waals surface area contributed by atoms with Crippen molar-refractivity contribution in [2.45, 2.75) is 18.7 Å². The van der Waals surface area contributed by atoms with Gasteiger partial charge in [-0.25, -0.2) is 18.1 Å². The van der Waals surface area contributed by atoms with E-state index < -0.39 is 15.4 Å². The van der Waals surface area contributed by atoms with E-state index in [0.29, 0.717) is 0 Å². The maximum atomic E-state index is 12.1. The minimum absolute atomic E-state index is 0.0244. The number of hydrogen-bond acceptors (Lipinski definition) is 4. The third-order valence-corrected chi connectivity index (χ3v) is 4.68. The molecule has 0 aliphatic heterocycles. The Morgan fingerprint density at radius 3 is 2.50 bits per heavy atom. The van der Waals surface area contributed by atoms with Crippen LogP contribution in [0.4, 0.5) is 0 Å². The third-order valence-electron chi connectivity index (χ3n) is 2.63. The number of carbonyl (C=O) groups excluding carboxylic acids is 1. The molecule has 9 heteroatoms. The van der Waals surface area contributed by atoms with Gasteiger partial charge in [0.25, 0.3) is 0 Å². The Balaban J connectivity index is 2.91. The lowest BCUT2D eigenvalue weighted by Gasteiger charge is -2.22. The summed E-state index contributed by atoms with van der Waals surface area (Å²) < 4.78 is 26.5. The first-order valence-corrected chi connectivity index (χ1v) is 7.87. The number of hydrogen-bond donors (Lipinski definition) is 2. The summed E-state index contributed by atoms with van der Waals surface area (Å²) in [6, 6.07) is 1.20. The maximum absolute atomic E-state index is 12.1. The highest BCUT2D eigenvalue weighted by Gasteiger charge is 2.29. The zero-order valence-electron chi connectivity index (χ0n) is 11.2. The van der Waals surface area contributed by atoms with Gasteiger partial charge in [-0.05, 0) is 19.9 Å². The highest BCUT2D eigenvalue weighted by atomic mass is 35.5. The van der Waals surface area contributed by atoms with Gasteiger partial charge >= 0.3 is 0 Å². The van der Waals surface area contributed by atoms with E-state index in [1.165, 1.54) is 13.1 Å². The molecule has 0 aromatic carbocycles. The molecule has 0 fully saturated rings. The van der Waals surface area contributed by atoms with Crippen LogP contribution in [0.2, 0.25) is 10.2 Å². The fourth-order valence-corrected chi connectivity index (χ4v) is 2.84. The number of nitrogens with zero attached hydrogens (tertiary/aromatic N) is 1. The molecule has 0 saturated heterocycles. The van der Waals surface area contributed by atoms with Crippen molar-refractivity contribution in [2.75, 3.05) is 13.6 Å². The first-order valence-electron chi connectivity index (χ1n) is 5.63. The van der Waals surface area contributed by atoms with Gasteiger partial charge in [-0.3, -0.25) is 4.79 Å². The maximum Gasteiger partial charge on any atom is 0.242 e. The normalized spacial score (nSPS) is 12.2. The molecular formula is C11H15Cl2N3O3S. The molecule has 0 spiro atoms. The smallest absolute Gasteiger partial charge is 0.242 e. The van der Waals surface area contributed by atoms with E-state index in [4.69, 9.17) is 23.2 Å². The molecule has 0 saturated carbocycles. The van der Waals surface area contributed by atoms with Crippen molar-refractivity contribution in [3.63, 3.8) is 0 Å². The third kappa shape index (κ3) is 4.05. The van der Waals surface area contributed by atoms with Crippen LogP contribution in [0, 0.1) is 5.41 Å². The predicted molar refractivity (Wildman–Crippen MR) is 77.3 cm³/mol. The van der Waals surface area contributed by atoms with E-state index in [0.717, 1.165) is 6.20 Å². The lowest BCUT2D eigenvalue weighted by atomic mass is 9.93. The van der Waals surface area contributed by atoms with Gasteiger partial charge in [0, 0.05) is 19.8 Å². The van der Waals surface area contributed by atoms with E-state index in [-0.39, 0.29) is 27.5 Å². The zero-order valence-corrected chi connectivity index (χ0v) is 13.5. The standard InChI is InChI=1S/C11H15Cl2N3O3S/c1-11(2,10(17)14-3)6-16-20(18,19)7-4-8(12)9(13)15-5-7/h4-5,16H,6H2,1-3H3,(H,14,17). The van der Waals surface area contributed by atoms with E-state index in [2.05, 4.69) is 15.0 Å². The summed E-state index contributed by atoms with van der Waals surface area (Å²) in [7, 11) is -2.32. The van der Waals surface area contributed by atoms with Gasteiger partial charge in [0.2, 0.25) is 15.9 Å². The summed E-state index contributed by atoms with van der Waals surface area (Å²) in [6.45, 7) is 3.19. The lowest BCUT2D eigenvalue weighted by Crippen LogP contribution is -2.43. The van der Waals surface area contributed by atoms with Crippen molar-refractivity contribution in [2.24, 2.45) is 5.41 Å². The average molecular weight is 340 g/mol. The molecule has 0 aliphatic rings. The summed E-state index contributed by atoms with van der Waals surface area (Å²) in [6.07, 6.45) is 1.10. The van der Waals surface area contributed by atoms with Gasteiger partial charge in [-0.15, -0.1) is 0 Å².